The quantitative estimate of drug-likeness (QED) is 0.515. The normalized spacial score (nSPS) is 11.2. The van der Waals surface area contributed by atoms with Crippen molar-refractivity contribution in [1.82, 2.24) is 14.8 Å². The molecule has 0 unspecified atom stereocenters. The predicted molar refractivity (Wildman–Crippen MR) is 102 cm³/mol. The first-order valence-corrected chi connectivity index (χ1v) is 9.10. The van der Waals surface area contributed by atoms with Gasteiger partial charge in [0.05, 0.1) is 16.3 Å². The van der Waals surface area contributed by atoms with Gasteiger partial charge in [0.2, 0.25) is 0 Å². The summed E-state index contributed by atoms with van der Waals surface area (Å²) >= 11 is 7.54. The number of nitrogens with zero attached hydrogens (tertiary/aromatic N) is 3. The SMILES string of the molecule is Cc1nc2c(=O)n(Cc3c(F)cccc3Cl)nc(-c3ccccc3)c2s1. The first kappa shape index (κ1) is 16.9. The molecule has 0 saturated heterocycles. The van der Waals surface area contributed by atoms with Crippen molar-refractivity contribution in [3.63, 3.8) is 0 Å². The summed E-state index contributed by atoms with van der Waals surface area (Å²) in [5.74, 6) is -0.470. The van der Waals surface area contributed by atoms with E-state index in [0.29, 0.717) is 11.2 Å². The van der Waals surface area contributed by atoms with Crippen LogP contribution in [0.15, 0.2) is 53.3 Å². The Kier molecular flexibility index (Phi) is 4.30. The Bertz CT molecular complexity index is 1150. The highest BCUT2D eigenvalue weighted by atomic mass is 35.5. The Balaban J connectivity index is 1.96. The summed E-state index contributed by atoms with van der Waals surface area (Å²) in [6.07, 6.45) is 0. The minimum atomic E-state index is -0.470. The van der Waals surface area contributed by atoms with E-state index >= 15 is 0 Å². The third-order valence-electron chi connectivity index (χ3n) is 4.02. The van der Waals surface area contributed by atoms with E-state index in [1.165, 1.54) is 28.2 Å². The van der Waals surface area contributed by atoms with E-state index in [1.54, 1.807) is 6.07 Å². The number of thiazole rings is 1. The van der Waals surface area contributed by atoms with Crippen LogP contribution < -0.4 is 5.56 Å². The minimum Gasteiger partial charge on any atom is -0.265 e. The molecule has 0 radical (unpaired) electrons. The molecule has 4 nitrogen and oxygen atoms in total. The standard InChI is InChI=1S/C19H13ClFN3OS/c1-11-22-17-18(26-11)16(12-6-3-2-4-7-12)23-24(19(17)25)10-13-14(20)8-5-9-15(13)21/h2-9H,10H2,1H3. The van der Waals surface area contributed by atoms with Crippen molar-refractivity contribution in [2.45, 2.75) is 13.5 Å². The Labute approximate surface area is 157 Å². The maximum Gasteiger partial charge on any atom is 0.294 e. The summed E-state index contributed by atoms with van der Waals surface area (Å²) in [6.45, 7) is 1.79. The van der Waals surface area contributed by atoms with Gasteiger partial charge in [0, 0.05) is 16.1 Å². The van der Waals surface area contributed by atoms with Gasteiger partial charge in [-0.05, 0) is 19.1 Å². The van der Waals surface area contributed by atoms with Crippen molar-refractivity contribution in [2.24, 2.45) is 0 Å². The molecule has 0 bridgehead atoms. The second-order valence-electron chi connectivity index (χ2n) is 5.79. The zero-order chi connectivity index (χ0) is 18.3. The highest BCUT2D eigenvalue weighted by Crippen LogP contribution is 2.29. The molecular formula is C19H13ClFN3OS. The number of hydrogen-bond acceptors (Lipinski definition) is 4. The van der Waals surface area contributed by atoms with Crippen LogP contribution in [0.3, 0.4) is 0 Å². The molecule has 0 saturated carbocycles. The van der Waals surface area contributed by atoms with Gasteiger partial charge >= 0.3 is 0 Å². The van der Waals surface area contributed by atoms with Crippen molar-refractivity contribution >= 4 is 33.2 Å². The Hall–Kier alpha value is -2.57. The van der Waals surface area contributed by atoms with Crippen molar-refractivity contribution in [1.29, 1.82) is 0 Å². The van der Waals surface area contributed by atoms with Gasteiger partial charge in [-0.2, -0.15) is 5.10 Å². The molecule has 0 aliphatic rings. The topological polar surface area (TPSA) is 47.8 Å². The summed E-state index contributed by atoms with van der Waals surface area (Å²) in [4.78, 5) is 17.2. The van der Waals surface area contributed by atoms with Crippen LogP contribution in [0.5, 0.6) is 0 Å². The lowest BCUT2D eigenvalue weighted by atomic mass is 10.1. The Morgan fingerprint density at radius 3 is 2.65 bits per heavy atom. The second-order valence-corrected chi connectivity index (χ2v) is 7.40. The van der Waals surface area contributed by atoms with Crippen LogP contribution >= 0.6 is 22.9 Å². The van der Waals surface area contributed by atoms with E-state index < -0.39 is 5.82 Å². The van der Waals surface area contributed by atoms with Crippen molar-refractivity contribution in [3.8, 4) is 11.3 Å². The molecule has 130 valence electrons. The van der Waals surface area contributed by atoms with Crippen molar-refractivity contribution < 1.29 is 4.39 Å². The Morgan fingerprint density at radius 2 is 1.92 bits per heavy atom. The molecule has 2 aromatic carbocycles. The number of aryl methyl sites for hydroxylation is 1. The van der Waals surface area contributed by atoms with Crippen LogP contribution in [0.2, 0.25) is 5.02 Å². The van der Waals surface area contributed by atoms with Crippen LogP contribution in [0.4, 0.5) is 4.39 Å². The minimum absolute atomic E-state index is 0.0588. The van der Waals surface area contributed by atoms with E-state index in [-0.39, 0.29) is 22.7 Å². The van der Waals surface area contributed by atoms with Crippen LogP contribution in [0.25, 0.3) is 21.5 Å². The van der Waals surface area contributed by atoms with Gasteiger partial charge in [0.1, 0.15) is 11.5 Å². The van der Waals surface area contributed by atoms with E-state index in [2.05, 4.69) is 10.1 Å². The van der Waals surface area contributed by atoms with E-state index in [4.69, 9.17) is 11.6 Å². The van der Waals surface area contributed by atoms with Gasteiger partial charge in [-0.1, -0.05) is 48.0 Å². The summed E-state index contributed by atoms with van der Waals surface area (Å²) < 4.78 is 16.1. The predicted octanol–water partition coefficient (Wildman–Crippen LogP) is 4.67. The smallest absolute Gasteiger partial charge is 0.265 e. The average Bonchev–Trinajstić information content (AvgIpc) is 3.03. The number of hydrogen-bond donors (Lipinski definition) is 0. The molecule has 2 aromatic heterocycles. The zero-order valence-corrected chi connectivity index (χ0v) is 15.3. The first-order valence-electron chi connectivity index (χ1n) is 7.91. The molecule has 0 fully saturated rings. The van der Waals surface area contributed by atoms with Crippen LogP contribution in [0.1, 0.15) is 10.6 Å². The van der Waals surface area contributed by atoms with Crippen LogP contribution in [-0.2, 0) is 6.54 Å². The molecule has 4 aromatic rings. The lowest BCUT2D eigenvalue weighted by Gasteiger charge is -2.10. The summed E-state index contributed by atoms with van der Waals surface area (Å²) in [6, 6.07) is 14.0. The fourth-order valence-electron chi connectivity index (χ4n) is 2.79. The molecule has 0 N–H and O–H groups in total. The highest BCUT2D eigenvalue weighted by molar-refractivity contribution is 7.19. The second kappa shape index (κ2) is 6.63. The zero-order valence-electron chi connectivity index (χ0n) is 13.7. The molecule has 0 spiro atoms. The van der Waals surface area contributed by atoms with E-state index in [1.807, 2.05) is 37.3 Å². The average molecular weight is 386 g/mol. The van der Waals surface area contributed by atoms with Crippen molar-refractivity contribution in [3.05, 3.63) is 80.3 Å². The van der Waals surface area contributed by atoms with Gasteiger partial charge in [-0.25, -0.2) is 14.1 Å². The maximum absolute atomic E-state index is 14.2. The van der Waals surface area contributed by atoms with Crippen LogP contribution in [0, 0.1) is 12.7 Å². The third-order valence-corrected chi connectivity index (χ3v) is 5.36. The number of rotatable bonds is 3. The Morgan fingerprint density at radius 1 is 1.15 bits per heavy atom. The fraction of sp³-hybridized carbons (Fsp3) is 0.105. The molecule has 0 amide bonds. The van der Waals surface area contributed by atoms with Gasteiger partial charge in [0.25, 0.3) is 5.56 Å². The molecule has 0 aliphatic heterocycles. The third kappa shape index (κ3) is 2.91. The van der Waals surface area contributed by atoms with E-state index in [9.17, 15) is 9.18 Å². The molecular weight excluding hydrogens is 373 g/mol. The summed E-state index contributed by atoms with van der Waals surface area (Å²) in [5, 5.41) is 5.55. The molecule has 4 rings (SSSR count). The maximum atomic E-state index is 14.2. The number of aromatic nitrogens is 3. The first-order chi connectivity index (χ1) is 12.5. The number of halogens is 2. The number of fused-ring (bicyclic) bond motifs is 1. The highest BCUT2D eigenvalue weighted by Gasteiger charge is 2.18. The summed E-state index contributed by atoms with van der Waals surface area (Å²) in [7, 11) is 0. The van der Waals surface area contributed by atoms with Gasteiger partial charge in [0.15, 0.2) is 5.52 Å². The summed E-state index contributed by atoms with van der Waals surface area (Å²) in [5.41, 5.74) is 1.74. The lowest BCUT2D eigenvalue weighted by Crippen LogP contribution is -2.25. The van der Waals surface area contributed by atoms with Gasteiger partial charge in [-0.3, -0.25) is 4.79 Å². The fourth-order valence-corrected chi connectivity index (χ4v) is 3.93. The molecule has 0 aliphatic carbocycles. The molecule has 26 heavy (non-hydrogen) atoms. The molecule has 2 heterocycles. The van der Waals surface area contributed by atoms with Gasteiger partial charge in [-0.15, -0.1) is 11.3 Å². The molecule has 0 atom stereocenters. The van der Waals surface area contributed by atoms with Crippen molar-refractivity contribution in [2.75, 3.05) is 0 Å². The van der Waals surface area contributed by atoms with Crippen LogP contribution in [-0.4, -0.2) is 14.8 Å². The van der Waals surface area contributed by atoms with Gasteiger partial charge < -0.3 is 0 Å². The largest absolute Gasteiger partial charge is 0.294 e. The number of benzene rings is 2. The lowest BCUT2D eigenvalue weighted by molar-refractivity contribution is 0.576. The monoisotopic (exact) mass is 385 g/mol. The van der Waals surface area contributed by atoms with E-state index in [0.717, 1.165) is 15.3 Å². The molecule has 7 heteroatoms.